The molecular formula is C10H19NO. The lowest BCUT2D eigenvalue weighted by molar-refractivity contribution is -0.120. The number of carbonyl (C=O) groups excluding carboxylic acids is 1. The zero-order chi connectivity index (χ0) is 8.97. The minimum absolute atomic E-state index is 0.442. The van der Waals surface area contributed by atoms with Gasteiger partial charge in [0.25, 0.3) is 0 Å². The number of carbonyl (C=O) groups is 1. The van der Waals surface area contributed by atoms with Gasteiger partial charge in [0.15, 0.2) is 0 Å². The smallest absolute Gasteiger partial charge is 0.133 e. The van der Waals surface area contributed by atoms with Crippen molar-refractivity contribution in [1.82, 2.24) is 5.32 Å². The largest absolute Gasteiger partial charge is 0.311 e. The first kappa shape index (κ1) is 9.72. The minimum atomic E-state index is 0.442. The van der Waals surface area contributed by atoms with E-state index in [2.05, 4.69) is 19.2 Å². The molecule has 0 aromatic carbocycles. The molecule has 70 valence electrons. The van der Waals surface area contributed by atoms with Crippen LogP contribution in [0.15, 0.2) is 0 Å². The Kier molecular flexibility index (Phi) is 3.73. The van der Waals surface area contributed by atoms with E-state index in [4.69, 9.17) is 0 Å². The average Bonchev–Trinajstić information content (AvgIpc) is 2.09. The molecule has 0 aromatic heterocycles. The molecule has 0 aromatic rings. The first-order valence-electron chi connectivity index (χ1n) is 5.00. The zero-order valence-electron chi connectivity index (χ0n) is 8.10. The molecule has 1 fully saturated rings. The standard InChI is InChI=1S/C10H19NO/c1-3-8(2)11-9-4-6-10(12)7-5-9/h8-9,11H,3-7H2,1-2H3. The van der Waals surface area contributed by atoms with Gasteiger partial charge in [-0.25, -0.2) is 0 Å². The van der Waals surface area contributed by atoms with Crippen molar-refractivity contribution < 1.29 is 4.79 Å². The Morgan fingerprint density at radius 3 is 2.58 bits per heavy atom. The van der Waals surface area contributed by atoms with Crippen LogP contribution >= 0.6 is 0 Å². The van der Waals surface area contributed by atoms with Crippen molar-refractivity contribution in [2.75, 3.05) is 0 Å². The lowest BCUT2D eigenvalue weighted by atomic mass is 9.94. The van der Waals surface area contributed by atoms with Gasteiger partial charge in [-0.15, -0.1) is 0 Å². The summed E-state index contributed by atoms with van der Waals surface area (Å²) < 4.78 is 0. The van der Waals surface area contributed by atoms with Crippen LogP contribution in [0.25, 0.3) is 0 Å². The number of Topliss-reactive ketones (excluding diaryl/α,β-unsaturated/α-hetero) is 1. The van der Waals surface area contributed by atoms with E-state index in [-0.39, 0.29) is 0 Å². The Bertz CT molecular complexity index is 146. The van der Waals surface area contributed by atoms with Crippen LogP contribution in [0.3, 0.4) is 0 Å². The Morgan fingerprint density at radius 2 is 2.08 bits per heavy atom. The predicted molar refractivity (Wildman–Crippen MR) is 50.2 cm³/mol. The fraction of sp³-hybridized carbons (Fsp3) is 0.900. The van der Waals surface area contributed by atoms with Crippen LogP contribution in [0, 0.1) is 0 Å². The van der Waals surface area contributed by atoms with Crippen LogP contribution in [0.1, 0.15) is 46.0 Å². The molecule has 1 unspecified atom stereocenters. The molecule has 0 radical (unpaired) electrons. The second-order valence-electron chi connectivity index (χ2n) is 3.79. The topological polar surface area (TPSA) is 29.1 Å². The highest BCUT2D eigenvalue weighted by atomic mass is 16.1. The van der Waals surface area contributed by atoms with Crippen molar-refractivity contribution in [3.05, 3.63) is 0 Å². The van der Waals surface area contributed by atoms with Gasteiger partial charge in [-0.2, -0.15) is 0 Å². The SMILES string of the molecule is CCC(C)NC1CCC(=O)CC1. The van der Waals surface area contributed by atoms with Crippen molar-refractivity contribution in [1.29, 1.82) is 0 Å². The number of ketones is 1. The molecule has 0 aliphatic heterocycles. The number of rotatable bonds is 3. The van der Waals surface area contributed by atoms with Gasteiger partial charge in [0.1, 0.15) is 5.78 Å². The minimum Gasteiger partial charge on any atom is -0.311 e. The zero-order valence-corrected chi connectivity index (χ0v) is 8.10. The molecule has 0 saturated heterocycles. The lowest BCUT2D eigenvalue weighted by Crippen LogP contribution is -2.38. The van der Waals surface area contributed by atoms with Gasteiger partial charge in [-0.3, -0.25) is 4.79 Å². The maximum absolute atomic E-state index is 10.9. The molecule has 1 saturated carbocycles. The summed E-state index contributed by atoms with van der Waals surface area (Å²) in [6.07, 6.45) is 4.83. The Morgan fingerprint density at radius 1 is 1.50 bits per heavy atom. The molecule has 12 heavy (non-hydrogen) atoms. The molecule has 0 heterocycles. The fourth-order valence-corrected chi connectivity index (χ4v) is 1.63. The van der Waals surface area contributed by atoms with Crippen LogP contribution < -0.4 is 5.32 Å². The first-order valence-corrected chi connectivity index (χ1v) is 5.00. The molecule has 2 nitrogen and oxygen atoms in total. The van der Waals surface area contributed by atoms with Gasteiger partial charge in [0.05, 0.1) is 0 Å². The highest BCUT2D eigenvalue weighted by Gasteiger charge is 2.18. The summed E-state index contributed by atoms with van der Waals surface area (Å²) in [7, 11) is 0. The number of hydrogen-bond donors (Lipinski definition) is 1. The molecule has 1 aliphatic carbocycles. The third-order valence-electron chi connectivity index (χ3n) is 2.68. The molecule has 1 rings (SSSR count). The molecule has 1 atom stereocenters. The molecular weight excluding hydrogens is 150 g/mol. The summed E-state index contributed by atoms with van der Waals surface area (Å²) in [5.41, 5.74) is 0. The van der Waals surface area contributed by atoms with E-state index in [0.29, 0.717) is 17.9 Å². The van der Waals surface area contributed by atoms with Gasteiger partial charge >= 0.3 is 0 Å². The van der Waals surface area contributed by atoms with Crippen molar-refractivity contribution >= 4 is 5.78 Å². The highest BCUT2D eigenvalue weighted by Crippen LogP contribution is 2.15. The van der Waals surface area contributed by atoms with E-state index in [9.17, 15) is 4.79 Å². The fourth-order valence-electron chi connectivity index (χ4n) is 1.63. The highest BCUT2D eigenvalue weighted by molar-refractivity contribution is 5.79. The second kappa shape index (κ2) is 4.61. The van der Waals surface area contributed by atoms with E-state index in [0.717, 1.165) is 25.7 Å². The summed E-state index contributed by atoms with van der Waals surface area (Å²) in [6, 6.07) is 1.20. The quantitative estimate of drug-likeness (QED) is 0.699. The van der Waals surface area contributed by atoms with Crippen LogP contribution in [0.4, 0.5) is 0 Å². The summed E-state index contributed by atoms with van der Waals surface area (Å²) in [5, 5.41) is 3.54. The van der Waals surface area contributed by atoms with Crippen LogP contribution in [0.2, 0.25) is 0 Å². The monoisotopic (exact) mass is 169 g/mol. The van der Waals surface area contributed by atoms with Gasteiger partial charge < -0.3 is 5.32 Å². The molecule has 1 aliphatic rings. The number of hydrogen-bond acceptors (Lipinski definition) is 2. The average molecular weight is 169 g/mol. The van der Waals surface area contributed by atoms with E-state index >= 15 is 0 Å². The van der Waals surface area contributed by atoms with Crippen LogP contribution in [-0.2, 0) is 4.79 Å². The molecule has 0 amide bonds. The van der Waals surface area contributed by atoms with Crippen molar-refractivity contribution in [2.45, 2.75) is 58.0 Å². The third-order valence-corrected chi connectivity index (χ3v) is 2.68. The Labute approximate surface area is 74.7 Å². The van der Waals surface area contributed by atoms with Crippen LogP contribution in [0.5, 0.6) is 0 Å². The summed E-state index contributed by atoms with van der Waals surface area (Å²) >= 11 is 0. The normalized spacial score (nSPS) is 22.7. The first-order chi connectivity index (χ1) is 5.72. The van der Waals surface area contributed by atoms with Crippen molar-refractivity contribution in [3.8, 4) is 0 Å². The van der Waals surface area contributed by atoms with Crippen molar-refractivity contribution in [3.63, 3.8) is 0 Å². The predicted octanol–water partition coefficient (Wildman–Crippen LogP) is 1.89. The van der Waals surface area contributed by atoms with E-state index in [1.54, 1.807) is 0 Å². The van der Waals surface area contributed by atoms with Gasteiger partial charge in [0, 0.05) is 24.9 Å². The van der Waals surface area contributed by atoms with Crippen LogP contribution in [-0.4, -0.2) is 17.9 Å². The lowest BCUT2D eigenvalue weighted by Gasteiger charge is -2.25. The maximum atomic E-state index is 10.9. The summed E-state index contributed by atoms with van der Waals surface area (Å²) in [5.74, 6) is 0.442. The van der Waals surface area contributed by atoms with E-state index < -0.39 is 0 Å². The summed E-state index contributed by atoms with van der Waals surface area (Å²) in [4.78, 5) is 10.9. The molecule has 0 bridgehead atoms. The Balaban J connectivity index is 2.21. The van der Waals surface area contributed by atoms with E-state index in [1.165, 1.54) is 6.42 Å². The van der Waals surface area contributed by atoms with Gasteiger partial charge in [-0.05, 0) is 26.2 Å². The molecule has 2 heteroatoms. The van der Waals surface area contributed by atoms with Crippen molar-refractivity contribution in [2.24, 2.45) is 0 Å². The number of nitrogens with one attached hydrogen (secondary N) is 1. The van der Waals surface area contributed by atoms with Gasteiger partial charge in [0.2, 0.25) is 0 Å². The summed E-state index contributed by atoms with van der Waals surface area (Å²) in [6.45, 7) is 4.39. The third kappa shape index (κ3) is 2.94. The maximum Gasteiger partial charge on any atom is 0.133 e. The Hall–Kier alpha value is -0.370. The molecule has 0 spiro atoms. The second-order valence-corrected chi connectivity index (χ2v) is 3.79. The molecule has 1 N–H and O–H groups in total. The van der Waals surface area contributed by atoms with Gasteiger partial charge in [-0.1, -0.05) is 6.92 Å². The van der Waals surface area contributed by atoms with E-state index in [1.807, 2.05) is 0 Å².